The smallest absolute Gasteiger partial charge is 0.268 e. The average molecular weight is 291 g/mol. The molecule has 0 atom stereocenters. The fraction of sp³-hybridized carbons (Fsp3) is 0. The molecule has 0 spiro atoms. The molecule has 1 aliphatic rings. The van der Waals surface area contributed by atoms with Crippen LogP contribution in [0.4, 0.5) is 5.69 Å². The summed E-state index contributed by atoms with van der Waals surface area (Å²) < 4.78 is 1.30. The minimum Gasteiger partial charge on any atom is -0.268 e. The molecule has 0 N–H and O–H groups in total. The molecule has 4 rings (SSSR count). The van der Waals surface area contributed by atoms with Gasteiger partial charge >= 0.3 is 0 Å². The Bertz CT molecular complexity index is 972. The number of carbonyl (C=O) groups excluding carboxylic acids is 2. The Balaban J connectivity index is 1.94. The van der Waals surface area contributed by atoms with Crippen LogP contribution in [-0.4, -0.2) is 21.2 Å². The van der Waals surface area contributed by atoms with Gasteiger partial charge in [0.15, 0.2) is 0 Å². The minimum atomic E-state index is -0.504. The number of hydrogen-bond acceptors (Lipinski definition) is 4. The van der Waals surface area contributed by atoms with Crippen LogP contribution in [0, 0.1) is 0 Å². The van der Waals surface area contributed by atoms with Gasteiger partial charge in [-0.3, -0.25) is 18.8 Å². The van der Waals surface area contributed by atoms with Gasteiger partial charge in [-0.15, -0.1) is 0 Å². The first-order chi connectivity index (χ1) is 10.7. The van der Waals surface area contributed by atoms with E-state index >= 15 is 0 Å². The fourth-order valence-electron chi connectivity index (χ4n) is 2.58. The topological polar surface area (TPSA) is 71.8 Å². The molecule has 0 saturated heterocycles. The molecule has 3 heterocycles. The van der Waals surface area contributed by atoms with E-state index < -0.39 is 17.4 Å². The van der Waals surface area contributed by atoms with Crippen molar-refractivity contribution in [3.8, 4) is 0 Å². The van der Waals surface area contributed by atoms with Crippen LogP contribution in [0.5, 0.6) is 0 Å². The zero-order chi connectivity index (χ0) is 15.3. The van der Waals surface area contributed by atoms with E-state index in [0.29, 0.717) is 16.8 Å². The maximum atomic E-state index is 12.5. The largest absolute Gasteiger partial charge is 0.282 e. The summed E-state index contributed by atoms with van der Waals surface area (Å²) in [5.74, 6) is -1.01. The van der Waals surface area contributed by atoms with Crippen LogP contribution in [0.25, 0.3) is 5.65 Å². The summed E-state index contributed by atoms with van der Waals surface area (Å²) >= 11 is 0. The van der Waals surface area contributed by atoms with E-state index in [4.69, 9.17) is 0 Å². The van der Waals surface area contributed by atoms with Crippen molar-refractivity contribution in [3.05, 3.63) is 76.3 Å². The van der Waals surface area contributed by atoms with Gasteiger partial charge in [0.25, 0.3) is 17.4 Å². The summed E-state index contributed by atoms with van der Waals surface area (Å²) in [5, 5.41) is 0. The monoisotopic (exact) mass is 291 g/mol. The summed E-state index contributed by atoms with van der Waals surface area (Å²) in [6.07, 6.45) is 2.81. The molecule has 0 fully saturated rings. The van der Waals surface area contributed by atoms with Gasteiger partial charge in [0.05, 0.1) is 17.3 Å². The van der Waals surface area contributed by atoms with Gasteiger partial charge < -0.3 is 0 Å². The van der Waals surface area contributed by atoms with Crippen LogP contribution in [0.1, 0.15) is 20.7 Å². The van der Waals surface area contributed by atoms with Crippen molar-refractivity contribution in [1.82, 2.24) is 9.38 Å². The first kappa shape index (κ1) is 12.5. The summed E-state index contributed by atoms with van der Waals surface area (Å²) in [7, 11) is 0. The molecule has 0 aliphatic carbocycles. The number of amides is 2. The first-order valence-corrected chi connectivity index (χ1v) is 6.63. The molecule has 6 nitrogen and oxygen atoms in total. The molecule has 22 heavy (non-hydrogen) atoms. The SMILES string of the molecule is O=C1c2ccccc2C(=O)N1c1cnc2ccccn2c1=O. The molecule has 1 aliphatic heterocycles. The van der Waals surface area contributed by atoms with Gasteiger partial charge in [0.1, 0.15) is 11.3 Å². The number of fused-ring (bicyclic) bond motifs is 2. The van der Waals surface area contributed by atoms with Gasteiger partial charge in [-0.2, -0.15) is 0 Å². The molecule has 0 radical (unpaired) electrons. The van der Waals surface area contributed by atoms with Crippen molar-refractivity contribution in [1.29, 1.82) is 0 Å². The maximum Gasteiger partial charge on any atom is 0.282 e. The molecular formula is C16H9N3O3. The third kappa shape index (κ3) is 1.54. The highest BCUT2D eigenvalue weighted by Crippen LogP contribution is 2.25. The number of hydrogen-bond donors (Lipinski definition) is 0. The van der Waals surface area contributed by atoms with E-state index in [1.807, 2.05) is 0 Å². The Labute approximate surface area is 124 Å². The van der Waals surface area contributed by atoms with Crippen molar-refractivity contribution >= 4 is 23.1 Å². The number of anilines is 1. The van der Waals surface area contributed by atoms with Crippen LogP contribution in [0.3, 0.4) is 0 Å². The Morgan fingerprint density at radius 3 is 2.14 bits per heavy atom. The molecule has 0 saturated carbocycles. The van der Waals surface area contributed by atoms with Crippen LogP contribution >= 0.6 is 0 Å². The second-order valence-electron chi connectivity index (χ2n) is 4.87. The quantitative estimate of drug-likeness (QED) is 0.637. The highest BCUT2D eigenvalue weighted by molar-refractivity contribution is 6.34. The van der Waals surface area contributed by atoms with Gasteiger partial charge in [0, 0.05) is 6.20 Å². The number of nitrogens with zero attached hydrogens (tertiary/aromatic N) is 3. The predicted octanol–water partition coefficient (Wildman–Crippen LogP) is 1.50. The van der Waals surface area contributed by atoms with E-state index in [2.05, 4.69) is 4.98 Å². The lowest BCUT2D eigenvalue weighted by Gasteiger charge is -2.13. The Morgan fingerprint density at radius 1 is 0.818 bits per heavy atom. The van der Waals surface area contributed by atoms with E-state index in [0.717, 1.165) is 4.90 Å². The van der Waals surface area contributed by atoms with Crippen molar-refractivity contribution < 1.29 is 9.59 Å². The number of pyridine rings is 1. The van der Waals surface area contributed by atoms with Crippen molar-refractivity contribution in [3.63, 3.8) is 0 Å². The highest BCUT2D eigenvalue weighted by atomic mass is 16.2. The molecule has 2 aromatic heterocycles. The van der Waals surface area contributed by atoms with Crippen LogP contribution < -0.4 is 10.5 Å². The van der Waals surface area contributed by atoms with Crippen LogP contribution in [-0.2, 0) is 0 Å². The standard InChI is InChI=1S/C16H9N3O3/c20-14-10-5-1-2-6-11(10)15(21)19(14)12-9-17-13-7-3-4-8-18(13)16(12)22/h1-9H. The van der Waals surface area contributed by atoms with Crippen LogP contribution in [0.15, 0.2) is 59.7 Å². The van der Waals surface area contributed by atoms with E-state index in [1.54, 1.807) is 48.7 Å². The molecular weight excluding hydrogens is 282 g/mol. The average Bonchev–Trinajstić information content (AvgIpc) is 2.81. The second kappa shape index (κ2) is 4.36. The normalized spacial score (nSPS) is 13.7. The van der Waals surface area contributed by atoms with Gasteiger partial charge in [-0.1, -0.05) is 18.2 Å². The lowest BCUT2D eigenvalue weighted by molar-refractivity contribution is 0.0925. The molecule has 1 aromatic carbocycles. The maximum absolute atomic E-state index is 12.5. The lowest BCUT2D eigenvalue weighted by atomic mass is 10.1. The van der Waals surface area contributed by atoms with Crippen molar-refractivity contribution in [2.24, 2.45) is 0 Å². The summed E-state index contributed by atoms with van der Waals surface area (Å²) in [5.41, 5.74) is 0.540. The second-order valence-corrected chi connectivity index (χ2v) is 4.87. The predicted molar refractivity (Wildman–Crippen MR) is 79.0 cm³/mol. The zero-order valence-electron chi connectivity index (χ0n) is 11.3. The molecule has 3 aromatic rings. The first-order valence-electron chi connectivity index (χ1n) is 6.63. The van der Waals surface area contributed by atoms with Gasteiger partial charge in [-0.25, -0.2) is 9.88 Å². The molecule has 106 valence electrons. The zero-order valence-corrected chi connectivity index (χ0v) is 11.3. The van der Waals surface area contributed by atoms with E-state index in [9.17, 15) is 14.4 Å². The Kier molecular flexibility index (Phi) is 2.47. The lowest BCUT2D eigenvalue weighted by Crippen LogP contribution is -2.35. The van der Waals surface area contributed by atoms with Gasteiger partial charge in [-0.05, 0) is 24.3 Å². The highest BCUT2D eigenvalue weighted by Gasteiger charge is 2.37. The Hall–Kier alpha value is -3.28. The number of rotatable bonds is 1. The Morgan fingerprint density at radius 2 is 1.45 bits per heavy atom. The minimum absolute atomic E-state index is 0.0464. The van der Waals surface area contributed by atoms with Crippen LogP contribution in [0.2, 0.25) is 0 Å². The summed E-state index contributed by atoms with van der Waals surface area (Å²) in [6, 6.07) is 11.6. The fourth-order valence-corrected chi connectivity index (χ4v) is 2.58. The summed E-state index contributed by atoms with van der Waals surface area (Å²) in [6.45, 7) is 0. The third-order valence-electron chi connectivity index (χ3n) is 3.63. The molecule has 0 unspecified atom stereocenters. The number of aromatic nitrogens is 2. The van der Waals surface area contributed by atoms with E-state index in [-0.39, 0.29) is 5.69 Å². The molecule has 0 bridgehead atoms. The van der Waals surface area contributed by atoms with Crippen molar-refractivity contribution in [2.45, 2.75) is 0 Å². The molecule has 6 heteroatoms. The molecule has 2 amide bonds. The number of benzene rings is 1. The number of imide groups is 1. The number of carbonyl (C=O) groups is 2. The van der Waals surface area contributed by atoms with Crippen molar-refractivity contribution in [2.75, 3.05) is 4.90 Å². The van der Waals surface area contributed by atoms with E-state index in [1.165, 1.54) is 10.6 Å². The third-order valence-corrected chi connectivity index (χ3v) is 3.63. The van der Waals surface area contributed by atoms with Gasteiger partial charge in [0.2, 0.25) is 0 Å². The summed E-state index contributed by atoms with van der Waals surface area (Å²) in [4.78, 5) is 42.4.